The molecule has 14 heavy (non-hydrogen) atoms. The normalized spacial score (nSPS) is 19.4. The van der Waals surface area contributed by atoms with Gasteiger partial charge in [-0.2, -0.15) is 0 Å². The summed E-state index contributed by atoms with van der Waals surface area (Å²) in [4.78, 5) is 1.31. The summed E-state index contributed by atoms with van der Waals surface area (Å²) in [5.41, 5.74) is 1.27. The second-order valence-corrected chi connectivity index (χ2v) is 4.25. The van der Waals surface area contributed by atoms with Gasteiger partial charge in [-0.1, -0.05) is 0 Å². The van der Waals surface area contributed by atoms with Gasteiger partial charge in [-0.25, -0.2) is 0 Å². The Bertz CT molecular complexity index is 321. The van der Waals surface area contributed by atoms with E-state index in [4.69, 9.17) is 9.47 Å². The lowest BCUT2D eigenvalue weighted by Gasteiger charge is -2.07. The van der Waals surface area contributed by atoms with Gasteiger partial charge in [0.2, 0.25) is 0 Å². The van der Waals surface area contributed by atoms with Crippen molar-refractivity contribution < 1.29 is 9.47 Å². The molecule has 1 unspecified atom stereocenters. The van der Waals surface area contributed by atoms with Crippen molar-refractivity contribution in [2.75, 3.05) is 19.5 Å². The molecule has 0 aliphatic carbocycles. The molecule has 2 nitrogen and oxygen atoms in total. The molecule has 0 amide bonds. The van der Waals surface area contributed by atoms with Gasteiger partial charge in [-0.15, -0.1) is 11.8 Å². The van der Waals surface area contributed by atoms with Crippen LogP contribution in [0.15, 0.2) is 23.1 Å². The summed E-state index contributed by atoms with van der Waals surface area (Å²) in [6, 6.07) is 6.19. The molecule has 1 aromatic carbocycles. The number of ether oxygens (including phenoxy) is 2. The average molecular weight is 210 g/mol. The predicted molar refractivity (Wildman–Crippen MR) is 58.2 cm³/mol. The van der Waals surface area contributed by atoms with Gasteiger partial charge < -0.3 is 9.47 Å². The maximum atomic E-state index is 5.58. The molecular weight excluding hydrogens is 196 g/mol. The van der Waals surface area contributed by atoms with Crippen LogP contribution in [0.4, 0.5) is 0 Å². The summed E-state index contributed by atoms with van der Waals surface area (Å²) in [6.07, 6.45) is 2.41. The van der Waals surface area contributed by atoms with E-state index in [1.165, 1.54) is 10.5 Å². The summed E-state index contributed by atoms with van der Waals surface area (Å²) in [7, 11) is 0. The minimum atomic E-state index is 0.329. The number of rotatable bonds is 4. The molecule has 0 radical (unpaired) electrons. The van der Waals surface area contributed by atoms with E-state index in [0.29, 0.717) is 12.7 Å². The van der Waals surface area contributed by atoms with Crippen LogP contribution in [0.2, 0.25) is 0 Å². The Balaban J connectivity index is 1.99. The second-order valence-electron chi connectivity index (χ2n) is 3.40. The van der Waals surface area contributed by atoms with Crippen LogP contribution in [0.3, 0.4) is 0 Å². The van der Waals surface area contributed by atoms with Gasteiger partial charge in [0.15, 0.2) is 0 Å². The summed E-state index contributed by atoms with van der Waals surface area (Å²) in [6.45, 7) is 3.63. The molecule has 1 saturated heterocycles. The molecule has 0 spiro atoms. The van der Waals surface area contributed by atoms with Crippen LogP contribution in [0, 0.1) is 6.92 Å². The molecule has 0 N–H and O–H groups in total. The van der Waals surface area contributed by atoms with E-state index in [1.807, 2.05) is 6.07 Å². The van der Waals surface area contributed by atoms with Gasteiger partial charge in [0, 0.05) is 4.90 Å². The van der Waals surface area contributed by atoms with Crippen molar-refractivity contribution in [1.29, 1.82) is 0 Å². The molecule has 1 heterocycles. The average Bonchev–Trinajstić information content (AvgIpc) is 2.98. The van der Waals surface area contributed by atoms with E-state index in [9.17, 15) is 0 Å². The molecule has 2 rings (SSSR count). The van der Waals surface area contributed by atoms with Crippen LogP contribution in [-0.2, 0) is 4.74 Å². The monoisotopic (exact) mass is 210 g/mol. The third-order valence-corrected chi connectivity index (χ3v) is 3.10. The summed E-state index contributed by atoms with van der Waals surface area (Å²) < 4.78 is 10.7. The fourth-order valence-electron chi connectivity index (χ4n) is 1.29. The van der Waals surface area contributed by atoms with Crippen molar-refractivity contribution in [3.63, 3.8) is 0 Å². The van der Waals surface area contributed by atoms with Crippen LogP contribution in [0.5, 0.6) is 5.75 Å². The summed E-state index contributed by atoms with van der Waals surface area (Å²) >= 11 is 1.76. The first-order valence-corrected chi connectivity index (χ1v) is 5.91. The lowest BCUT2D eigenvalue weighted by molar-refractivity contribution is 0.263. The maximum Gasteiger partial charge on any atom is 0.119 e. The van der Waals surface area contributed by atoms with E-state index in [1.54, 1.807) is 11.8 Å². The molecule has 0 bridgehead atoms. The van der Waals surface area contributed by atoms with Crippen molar-refractivity contribution in [1.82, 2.24) is 0 Å². The lowest BCUT2D eigenvalue weighted by Crippen LogP contribution is -2.04. The first-order valence-electron chi connectivity index (χ1n) is 4.68. The third-order valence-electron chi connectivity index (χ3n) is 2.20. The van der Waals surface area contributed by atoms with E-state index in [2.05, 4.69) is 25.3 Å². The molecule has 1 aromatic rings. The van der Waals surface area contributed by atoms with Gasteiger partial charge in [0.25, 0.3) is 0 Å². The summed E-state index contributed by atoms with van der Waals surface area (Å²) in [5.74, 6) is 0.941. The SMILES string of the molecule is CSc1ccc(OCC2CO2)cc1C. The molecule has 1 fully saturated rings. The number of benzene rings is 1. The molecule has 1 aliphatic heterocycles. The highest BCUT2D eigenvalue weighted by Crippen LogP contribution is 2.24. The highest BCUT2D eigenvalue weighted by Gasteiger charge is 2.22. The minimum absolute atomic E-state index is 0.329. The second kappa shape index (κ2) is 4.24. The smallest absolute Gasteiger partial charge is 0.119 e. The lowest BCUT2D eigenvalue weighted by atomic mass is 10.2. The zero-order chi connectivity index (χ0) is 9.97. The Morgan fingerprint density at radius 3 is 2.93 bits per heavy atom. The zero-order valence-electron chi connectivity index (χ0n) is 8.45. The van der Waals surface area contributed by atoms with Crippen molar-refractivity contribution in [2.24, 2.45) is 0 Å². The van der Waals surface area contributed by atoms with Crippen molar-refractivity contribution in [3.05, 3.63) is 23.8 Å². The highest BCUT2D eigenvalue weighted by molar-refractivity contribution is 7.98. The van der Waals surface area contributed by atoms with Gasteiger partial charge in [-0.3, -0.25) is 0 Å². The van der Waals surface area contributed by atoms with Crippen LogP contribution < -0.4 is 4.74 Å². The third kappa shape index (κ3) is 2.42. The Hall–Kier alpha value is -0.670. The maximum absolute atomic E-state index is 5.58. The van der Waals surface area contributed by atoms with Crippen LogP contribution in [-0.4, -0.2) is 25.6 Å². The predicted octanol–water partition coefficient (Wildman–Crippen LogP) is 2.49. The Morgan fingerprint density at radius 1 is 1.57 bits per heavy atom. The van der Waals surface area contributed by atoms with E-state index < -0.39 is 0 Å². The topological polar surface area (TPSA) is 21.8 Å². The number of hydrogen-bond acceptors (Lipinski definition) is 3. The van der Waals surface area contributed by atoms with Gasteiger partial charge in [0.1, 0.15) is 18.5 Å². The van der Waals surface area contributed by atoms with E-state index >= 15 is 0 Å². The number of aryl methyl sites for hydroxylation is 1. The Morgan fingerprint density at radius 2 is 2.36 bits per heavy atom. The van der Waals surface area contributed by atoms with Crippen molar-refractivity contribution in [3.8, 4) is 5.75 Å². The highest BCUT2D eigenvalue weighted by atomic mass is 32.2. The molecule has 0 saturated carbocycles. The molecule has 1 atom stereocenters. The zero-order valence-corrected chi connectivity index (χ0v) is 9.26. The Kier molecular flexibility index (Phi) is 2.99. The van der Waals surface area contributed by atoms with Gasteiger partial charge in [-0.05, 0) is 36.9 Å². The summed E-state index contributed by atoms with van der Waals surface area (Å²) in [5, 5.41) is 0. The largest absolute Gasteiger partial charge is 0.491 e. The van der Waals surface area contributed by atoms with Crippen LogP contribution in [0.25, 0.3) is 0 Å². The number of hydrogen-bond donors (Lipinski definition) is 0. The van der Waals surface area contributed by atoms with Crippen molar-refractivity contribution in [2.45, 2.75) is 17.9 Å². The molecule has 76 valence electrons. The molecule has 1 aliphatic rings. The molecule has 3 heteroatoms. The van der Waals surface area contributed by atoms with Crippen molar-refractivity contribution >= 4 is 11.8 Å². The van der Waals surface area contributed by atoms with Crippen LogP contribution >= 0.6 is 11.8 Å². The first-order chi connectivity index (χ1) is 6.79. The van der Waals surface area contributed by atoms with Gasteiger partial charge >= 0.3 is 0 Å². The van der Waals surface area contributed by atoms with Crippen LogP contribution in [0.1, 0.15) is 5.56 Å². The minimum Gasteiger partial charge on any atom is -0.491 e. The molecular formula is C11H14O2S. The van der Waals surface area contributed by atoms with E-state index in [-0.39, 0.29) is 0 Å². The number of epoxide rings is 1. The fraction of sp³-hybridized carbons (Fsp3) is 0.455. The Labute approximate surface area is 88.6 Å². The van der Waals surface area contributed by atoms with E-state index in [0.717, 1.165) is 12.4 Å². The number of thioether (sulfide) groups is 1. The molecule has 0 aromatic heterocycles. The quantitative estimate of drug-likeness (QED) is 0.563. The van der Waals surface area contributed by atoms with Gasteiger partial charge in [0.05, 0.1) is 6.61 Å². The fourth-order valence-corrected chi connectivity index (χ4v) is 1.88. The standard InChI is InChI=1S/C11H14O2S/c1-8-5-9(3-4-11(8)14-2)12-6-10-7-13-10/h3-5,10H,6-7H2,1-2H3. The first kappa shape index (κ1) is 9.87.